The van der Waals surface area contributed by atoms with Crippen molar-refractivity contribution in [3.8, 4) is 11.5 Å². The van der Waals surface area contributed by atoms with E-state index in [1.807, 2.05) is 18.2 Å². The summed E-state index contributed by atoms with van der Waals surface area (Å²) in [6.45, 7) is 2.45. The summed E-state index contributed by atoms with van der Waals surface area (Å²) < 4.78 is 16.9. The van der Waals surface area contributed by atoms with Crippen molar-refractivity contribution < 1.29 is 18.8 Å². The molecule has 0 spiro atoms. The Kier molecular flexibility index (Phi) is 6.56. The van der Waals surface area contributed by atoms with Crippen LogP contribution in [0.25, 0.3) is 0 Å². The molecule has 8 nitrogen and oxygen atoms in total. The third-order valence-corrected chi connectivity index (χ3v) is 4.91. The Balaban J connectivity index is 1.79. The number of rotatable bonds is 8. The second-order valence-electron chi connectivity index (χ2n) is 6.96. The van der Waals surface area contributed by atoms with Gasteiger partial charge in [-0.2, -0.15) is 0 Å². The van der Waals surface area contributed by atoms with Gasteiger partial charge >= 0.3 is 0 Å². The molecule has 2 aromatic heterocycles. The summed E-state index contributed by atoms with van der Waals surface area (Å²) in [4.78, 5) is 27.4. The van der Waals surface area contributed by atoms with E-state index in [4.69, 9.17) is 14.0 Å². The van der Waals surface area contributed by atoms with Gasteiger partial charge in [0.1, 0.15) is 17.5 Å². The van der Waals surface area contributed by atoms with E-state index in [2.05, 4.69) is 5.16 Å². The summed E-state index contributed by atoms with van der Waals surface area (Å²) in [6, 6.07) is 9.12. The van der Waals surface area contributed by atoms with Gasteiger partial charge in [-0.05, 0) is 42.7 Å². The Bertz CT molecular complexity index is 1070. The van der Waals surface area contributed by atoms with Crippen molar-refractivity contribution in [3.63, 3.8) is 0 Å². The van der Waals surface area contributed by atoms with Gasteiger partial charge in [-0.25, -0.2) is 0 Å². The number of hydrogen-bond donors (Lipinski definition) is 0. The second kappa shape index (κ2) is 9.30. The third-order valence-electron chi connectivity index (χ3n) is 4.91. The molecule has 0 aliphatic carbocycles. The summed E-state index contributed by atoms with van der Waals surface area (Å²) in [7, 11) is 4.80. The van der Waals surface area contributed by atoms with Crippen LogP contribution in [0, 0.1) is 6.92 Å². The molecule has 0 aliphatic rings. The fourth-order valence-corrected chi connectivity index (χ4v) is 3.21. The number of aromatic nitrogens is 2. The van der Waals surface area contributed by atoms with E-state index in [1.165, 1.54) is 11.2 Å². The van der Waals surface area contributed by atoms with Gasteiger partial charge in [-0.1, -0.05) is 11.2 Å². The highest BCUT2D eigenvalue weighted by Gasteiger charge is 2.20. The van der Waals surface area contributed by atoms with E-state index in [0.29, 0.717) is 35.7 Å². The molecule has 0 N–H and O–H groups in total. The first-order chi connectivity index (χ1) is 14.4. The largest absolute Gasteiger partial charge is 0.493 e. The molecule has 0 fully saturated rings. The zero-order chi connectivity index (χ0) is 21.7. The number of pyridine rings is 1. The van der Waals surface area contributed by atoms with Crippen molar-refractivity contribution in [1.29, 1.82) is 0 Å². The number of hydrogen-bond acceptors (Lipinski definition) is 6. The average molecular weight is 411 g/mol. The number of benzene rings is 1. The Morgan fingerprint density at radius 2 is 1.93 bits per heavy atom. The van der Waals surface area contributed by atoms with Crippen LogP contribution in [-0.2, 0) is 19.5 Å². The number of amides is 1. The van der Waals surface area contributed by atoms with Crippen molar-refractivity contribution >= 4 is 5.91 Å². The Labute approximate surface area is 174 Å². The maximum absolute atomic E-state index is 13.0. The third kappa shape index (κ3) is 4.53. The number of methoxy groups -OCH3 is 2. The van der Waals surface area contributed by atoms with Gasteiger partial charge in [0.2, 0.25) is 0 Å². The first kappa shape index (κ1) is 21.2. The van der Waals surface area contributed by atoms with E-state index >= 15 is 0 Å². The van der Waals surface area contributed by atoms with E-state index in [-0.39, 0.29) is 23.6 Å². The Hall–Kier alpha value is -3.55. The first-order valence-corrected chi connectivity index (χ1v) is 9.50. The predicted molar refractivity (Wildman–Crippen MR) is 111 cm³/mol. The van der Waals surface area contributed by atoms with Gasteiger partial charge in [-0.15, -0.1) is 0 Å². The fourth-order valence-electron chi connectivity index (χ4n) is 3.21. The van der Waals surface area contributed by atoms with Crippen molar-refractivity contribution in [2.24, 2.45) is 0 Å². The van der Waals surface area contributed by atoms with E-state index in [9.17, 15) is 9.59 Å². The van der Waals surface area contributed by atoms with E-state index < -0.39 is 0 Å². The van der Waals surface area contributed by atoms with Crippen LogP contribution < -0.4 is 15.0 Å². The fraction of sp³-hybridized carbons (Fsp3) is 0.318. The lowest BCUT2D eigenvalue weighted by Gasteiger charge is -2.18. The van der Waals surface area contributed by atoms with Gasteiger partial charge in [-0.3, -0.25) is 9.59 Å². The topological polar surface area (TPSA) is 86.8 Å². The number of carbonyl (C=O) groups excluding carboxylic acids is 1. The van der Waals surface area contributed by atoms with Crippen LogP contribution in [0.5, 0.6) is 11.5 Å². The van der Waals surface area contributed by atoms with E-state index in [0.717, 1.165) is 5.56 Å². The lowest BCUT2D eigenvalue weighted by molar-refractivity contribution is 0.0779. The minimum absolute atomic E-state index is 0.163. The van der Waals surface area contributed by atoms with E-state index in [1.54, 1.807) is 51.1 Å². The van der Waals surface area contributed by atoms with Gasteiger partial charge in [0, 0.05) is 25.9 Å². The first-order valence-electron chi connectivity index (χ1n) is 9.50. The molecule has 2 heterocycles. The molecule has 0 bridgehead atoms. The van der Waals surface area contributed by atoms with Gasteiger partial charge in [0.05, 0.1) is 20.8 Å². The summed E-state index contributed by atoms with van der Waals surface area (Å²) in [6.07, 6.45) is 3.77. The Morgan fingerprint density at radius 3 is 2.60 bits per heavy atom. The van der Waals surface area contributed by atoms with Crippen LogP contribution in [0.1, 0.15) is 27.2 Å². The Morgan fingerprint density at radius 1 is 1.17 bits per heavy atom. The molecule has 1 aromatic carbocycles. The molecule has 1 amide bonds. The molecule has 0 saturated carbocycles. The minimum atomic E-state index is -0.346. The van der Waals surface area contributed by atoms with Gasteiger partial charge < -0.3 is 23.5 Å². The standard InChI is InChI=1S/C22H25N3O5/c1-15-7-10-25(11-8-16-5-6-18(28-3)19(13-16)29-4)22(27)20(15)21(26)24(2)14-17-9-12-30-23-17/h5-7,9-10,12-13H,8,11,14H2,1-4H3. The van der Waals surface area contributed by atoms with Crippen molar-refractivity contribution in [2.75, 3.05) is 21.3 Å². The second-order valence-corrected chi connectivity index (χ2v) is 6.96. The van der Waals surface area contributed by atoms with Crippen LogP contribution in [0.3, 0.4) is 0 Å². The molecular formula is C22H25N3O5. The number of carbonyl (C=O) groups is 1. The molecule has 8 heteroatoms. The minimum Gasteiger partial charge on any atom is -0.493 e. The lowest BCUT2D eigenvalue weighted by Crippen LogP contribution is -2.35. The predicted octanol–water partition coefficient (Wildman–Crippen LogP) is 2.68. The molecule has 0 radical (unpaired) electrons. The number of aryl methyl sites for hydroxylation is 3. The van der Waals surface area contributed by atoms with Crippen molar-refractivity contribution in [3.05, 3.63) is 75.5 Å². The lowest BCUT2D eigenvalue weighted by atomic mass is 10.1. The molecule has 30 heavy (non-hydrogen) atoms. The molecule has 0 unspecified atom stereocenters. The molecular weight excluding hydrogens is 386 g/mol. The molecule has 3 aromatic rings. The summed E-state index contributed by atoms with van der Waals surface area (Å²) >= 11 is 0. The number of nitrogens with zero attached hydrogens (tertiary/aromatic N) is 3. The smallest absolute Gasteiger partial charge is 0.263 e. The maximum Gasteiger partial charge on any atom is 0.263 e. The highest BCUT2D eigenvalue weighted by atomic mass is 16.5. The summed E-state index contributed by atoms with van der Waals surface area (Å²) in [5, 5.41) is 3.81. The van der Waals surface area contributed by atoms with Crippen LogP contribution in [-0.4, -0.2) is 41.8 Å². The van der Waals surface area contributed by atoms with Gasteiger partial charge in [0.25, 0.3) is 11.5 Å². The van der Waals surface area contributed by atoms with Crippen molar-refractivity contribution in [1.82, 2.24) is 14.6 Å². The average Bonchev–Trinajstić information content (AvgIpc) is 3.25. The van der Waals surface area contributed by atoms with Crippen LogP contribution >= 0.6 is 0 Å². The molecule has 0 saturated heterocycles. The monoisotopic (exact) mass is 411 g/mol. The SMILES string of the molecule is COc1ccc(CCn2ccc(C)c(C(=O)N(C)Cc3ccon3)c2=O)cc1OC. The highest BCUT2D eigenvalue weighted by molar-refractivity contribution is 5.95. The molecule has 158 valence electrons. The van der Waals surface area contributed by atoms with Crippen LogP contribution in [0.2, 0.25) is 0 Å². The molecule has 0 atom stereocenters. The maximum atomic E-state index is 13.0. The zero-order valence-electron chi connectivity index (χ0n) is 17.5. The zero-order valence-corrected chi connectivity index (χ0v) is 17.5. The highest BCUT2D eigenvalue weighted by Crippen LogP contribution is 2.27. The molecule has 3 rings (SSSR count). The van der Waals surface area contributed by atoms with Crippen LogP contribution in [0.4, 0.5) is 0 Å². The van der Waals surface area contributed by atoms with Crippen molar-refractivity contribution in [2.45, 2.75) is 26.4 Å². The van der Waals surface area contributed by atoms with Crippen LogP contribution in [0.15, 0.2) is 52.1 Å². The number of ether oxygens (including phenoxy) is 2. The summed E-state index contributed by atoms with van der Waals surface area (Å²) in [5.74, 6) is 0.939. The van der Waals surface area contributed by atoms with Gasteiger partial charge in [0.15, 0.2) is 11.5 Å². The normalized spacial score (nSPS) is 10.7. The summed E-state index contributed by atoms with van der Waals surface area (Å²) in [5.41, 5.74) is 2.10. The molecule has 0 aliphatic heterocycles. The quantitative estimate of drug-likeness (QED) is 0.566.